The summed E-state index contributed by atoms with van der Waals surface area (Å²) in [7, 11) is 0. The first kappa shape index (κ1) is 13.6. The number of aromatic nitrogens is 1. The van der Waals surface area contributed by atoms with Crippen LogP contribution < -0.4 is 10.6 Å². The van der Waals surface area contributed by atoms with Gasteiger partial charge in [0.05, 0.1) is 6.54 Å². The average molecular weight is 265 g/mol. The number of nitrogens with zero attached hydrogens (tertiary/aromatic N) is 1. The average Bonchev–Trinajstić information content (AvgIpc) is 2.52. The normalized spacial score (nSPS) is 9.55. The maximum absolute atomic E-state index is 12.0. The van der Waals surface area contributed by atoms with Crippen LogP contribution in [0.4, 0.5) is 5.69 Å². The Bertz CT molecular complexity index is 600. The molecule has 1 aromatic heterocycles. The van der Waals surface area contributed by atoms with Crippen LogP contribution in [0.15, 0.2) is 48.8 Å². The number of nitrogens with one attached hydrogen (secondary N) is 2. The lowest BCUT2D eigenvalue weighted by atomic mass is 10.2. The van der Waals surface area contributed by atoms with Gasteiger partial charge in [-0.25, -0.2) is 0 Å². The summed E-state index contributed by atoms with van der Waals surface area (Å²) >= 11 is 0. The van der Waals surface area contributed by atoms with Crippen LogP contribution in [-0.2, 0) is 6.54 Å². The van der Waals surface area contributed by atoms with Gasteiger partial charge < -0.3 is 10.6 Å². The largest absolute Gasteiger partial charge is 0.374 e. The molecule has 1 aromatic carbocycles. The molecule has 0 bridgehead atoms. The summed E-state index contributed by atoms with van der Waals surface area (Å²) in [5.41, 5.74) is 2.47. The monoisotopic (exact) mass is 265 g/mol. The molecular formula is C16H15N3O. The van der Waals surface area contributed by atoms with Crippen molar-refractivity contribution in [1.82, 2.24) is 10.3 Å². The van der Waals surface area contributed by atoms with Crippen molar-refractivity contribution < 1.29 is 4.79 Å². The highest BCUT2D eigenvalue weighted by atomic mass is 16.1. The molecule has 0 aliphatic carbocycles. The van der Waals surface area contributed by atoms with Gasteiger partial charge >= 0.3 is 0 Å². The third kappa shape index (κ3) is 3.85. The maximum Gasteiger partial charge on any atom is 0.251 e. The molecule has 1 heterocycles. The van der Waals surface area contributed by atoms with E-state index in [1.807, 2.05) is 24.3 Å². The summed E-state index contributed by atoms with van der Waals surface area (Å²) in [4.78, 5) is 16.0. The summed E-state index contributed by atoms with van der Waals surface area (Å²) in [6.07, 6.45) is 8.60. The lowest BCUT2D eigenvalue weighted by Gasteiger charge is -2.06. The van der Waals surface area contributed by atoms with Crippen molar-refractivity contribution in [2.75, 3.05) is 11.9 Å². The first-order chi connectivity index (χ1) is 9.79. The van der Waals surface area contributed by atoms with Gasteiger partial charge in [-0.3, -0.25) is 9.78 Å². The highest BCUT2D eigenvalue weighted by Crippen LogP contribution is 2.09. The van der Waals surface area contributed by atoms with Crippen LogP contribution in [0.3, 0.4) is 0 Å². The standard InChI is InChI=1S/C16H15N3O/c1-2-9-18-15-7-5-14(6-8-15)16(20)19-12-13-4-3-10-17-11-13/h1,3-8,10-11,18H,9,12H2,(H,19,20). The van der Waals surface area contributed by atoms with E-state index in [1.54, 1.807) is 24.5 Å². The number of carbonyl (C=O) groups is 1. The van der Waals surface area contributed by atoms with E-state index in [1.165, 1.54) is 0 Å². The number of anilines is 1. The molecule has 0 atom stereocenters. The van der Waals surface area contributed by atoms with Crippen LogP contribution in [0.1, 0.15) is 15.9 Å². The Balaban J connectivity index is 1.91. The van der Waals surface area contributed by atoms with Crippen LogP contribution in [0.5, 0.6) is 0 Å². The Kier molecular flexibility index (Phi) is 4.74. The van der Waals surface area contributed by atoms with Crippen LogP contribution in [0.2, 0.25) is 0 Å². The van der Waals surface area contributed by atoms with Crippen molar-refractivity contribution in [2.24, 2.45) is 0 Å². The fourth-order valence-corrected chi connectivity index (χ4v) is 1.68. The number of carbonyl (C=O) groups excluding carboxylic acids is 1. The van der Waals surface area contributed by atoms with Gasteiger partial charge in [-0.15, -0.1) is 6.42 Å². The lowest BCUT2D eigenvalue weighted by Crippen LogP contribution is -2.22. The molecule has 20 heavy (non-hydrogen) atoms. The van der Waals surface area contributed by atoms with Crippen molar-refractivity contribution >= 4 is 11.6 Å². The lowest BCUT2D eigenvalue weighted by molar-refractivity contribution is 0.0951. The number of hydrogen-bond donors (Lipinski definition) is 2. The third-order valence-electron chi connectivity index (χ3n) is 2.72. The zero-order chi connectivity index (χ0) is 14.2. The molecule has 0 aliphatic heterocycles. The Morgan fingerprint density at radius 3 is 2.70 bits per heavy atom. The van der Waals surface area contributed by atoms with Gasteiger partial charge in [0.25, 0.3) is 5.91 Å². The number of rotatable bonds is 5. The number of benzene rings is 1. The van der Waals surface area contributed by atoms with E-state index >= 15 is 0 Å². The van der Waals surface area contributed by atoms with E-state index in [0.717, 1.165) is 11.3 Å². The van der Waals surface area contributed by atoms with Crippen LogP contribution in [0.25, 0.3) is 0 Å². The minimum atomic E-state index is -0.114. The smallest absolute Gasteiger partial charge is 0.251 e. The van der Waals surface area contributed by atoms with Gasteiger partial charge in [0.15, 0.2) is 0 Å². The molecule has 2 N–H and O–H groups in total. The molecule has 2 aromatic rings. The zero-order valence-electron chi connectivity index (χ0n) is 11.0. The van der Waals surface area contributed by atoms with Gasteiger partial charge in [-0.1, -0.05) is 12.0 Å². The molecule has 0 unspecified atom stereocenters. The minimum Gasteiger partial charge on any atom is -0.374 e. The molecule has 0 fully saturated rings. The summed E-state index contributed by atoms with van der Waals surface area (Å²) in [6, 6.07) is 10.9. The SMILES string of the molecule is C#CCNc1ccc(C(=O)NCc2cccnc2)cc1. The number of amides is 1. The van der Waals surface area contributed by atoms with E-state index in [9.17, 15) is 4.79 Å². The second-order valence-electron chi connectivity index (χ2n) is 4.18. The summed E-state index contributed by atoms with van der Waals surface area (Å²) in [6.45, 7) is 0.927. The number of terminal acetylenes is 1. The summed E-state index contributed by atoms with van der Waals surface area (Å²) in [5.74, 6) is 2.38. The summed E-state index contributed by atoms with van der Waals surface area (Å²) in [5, 5.41) is 5.89. The van der Waals surface area contributed by atoms with Gasteiger partial charge in [-0.05, 0) is 35.9 Å². The number of pyridine rings is 1. The third-order valence-corrected chi connectivity index (χ3v) is 2.72. The molecule has 4 heteroatoms. The topological polar surface area (TPSA) is 54.0 Å². The van der Waals surface area contributed by atoms with Crippen molar-refractivity contribution in [2.45, 2.75) is 6.54 Å². The first-order valence-corrected chi connectivity index (χ1v) is 6.24. The Morgan fingerprint density at radius 2 is 2.05 bits per heavy atom. The number of hydrogen-bond acceptors (Lipinski definition) is 3. The van der Waals surface area contributed by atoms with E-state index < -0.39 is 0 Å². The van der Waals surface area contributed by atoms with E-state index in [4.69, 9.17) is 6.42 Å². The van der Waals surface area contributed by atoms with E-state index in [2.05, 4.69) is 21.5 Å². The molecule has 0 aliphatic rings. The molecule has 0 spiro atoms. The molecule has 4 nitrogen and oxygen atoms in total. The molecule has 0 saturated heterocycles. The van der Waals surface area contributed by atoms with Gasteiger partial charge in [-0.2, -0.15) is 0 Å². The van der Waals surface area contributed by atoms with Crippen LogP contribution >= 0.6 is 0 Å². The molecular weight excluding hydrogens is 250 g/mol. The Labute approximate surface area is 118 Å². The van der Waals surface area contributed by atoms with Crippen LogP contribution in [0, 0.1) is 12.3 Å². The maximum atomic E-state index is 12.0. The molecule has 0 radical (unpaired) electrons. The van der Waals surface area contributed by atoms with Gasteiger partial charge in [0, 0.05) is 30.2 Å². The highest BCUT2D eigenvalue weighted by Gasteiger charge is 2.04. The predicted molar refractivity (Wildman–Crippen MR) is 79.2 cm³/mol. The summed E-state index contributed by atoms with van der Waals surface area (Å²) < 4.78 is 0. The molecule has 0 saturated carbocycles. The molecule has 100 valence electrons. The van der Waals surface area contributed by atoms with Crippen molar-refractivity contribution in [3.63, 3.8) is 0 Å². The zero-order valence-corrected chi connectivity index (χ0v) is 11.0. The van der Waals surface area contributed by atoms with E-state index in [-0.39, 0.29) is 5.91 Å². The second kappa shape index (κ2) is 6.95. The Morgan fingerprint density at radius 1 is 1.25 bits per heavy atom. The fourth-order valence-electron chi connectivity index (χ4n) is 1.68. The van der Waals surface area contributed by atoms with Gasteiger partial charge in [0.2, 0.25) is 0 Å². The van der Waals surface area contributed by atoms with Crippen molar-refractivity contribution in [3.8, 4) is 12.3 Å². The van der Waals surface area contributed by atoms with Crippen molar-refractivity contribution in [1.29, 1.82) is 0 Å². The second-order valence-corrected chi connectivity index (χ2v) is 4.18. The van der Waals surface area contributed by atoms with Crippen LogP contribution in [-0.4, -0.2) is 17.4 Å². The predicted octanol–water partition coefficient (Wildman–Crippen LogP) is 2.06. The fraction of sp³-hybridized carbons (Fsp3) is 0.125. The Hall–Kier alpha value is -2.80. The molecule has 2 rings (SSSR count). The van der Waals surface area contributed by atoms with Gasteiger partial charge in [0.1, 0.15) is 0 Å². The minimum absolute atomic E-state index is 0.114. The van der Waals surface area contributed by atoms with E-state index in [0.29, 0.717) is 18.7 Å². The highest BCUT2D eigenvalue weighted by molar-refractivity contribution is 5.94. The quantitative estimate of drug-likeness (QED) is 0.814. The van der Waals surface area contributed by atoms with Crippen molar-refractivity contribution in [3.05, 3.63) is 59.9 Å². The molecule has 1 amide bonds. The first-order valence-electron chi connectivity index (χ1n) is 6.24.